The summed E-state index contributed by atoms with van der Waals surface area (Å²) in [6.07, 6.45) is 62.8. The third-order valence-electron chi connectivity index (χ3n) is 10.4. The fourth-order valence-electron chi connectivity index (χ4n) is 6.69. The predicted molar refractivity (Wildman–Crippen MR) is 261 cm³/mol. The molecule has 1 atom stereocenters. The van der Waals surface area contributed by atoms with E-state index in [-0.39, 0.29) is 31.1 Å². The lowest BCUT2D eigenvalue weighted by Crippen LogP contribution is -2.30. The van der Waals surface area contributed by atoms with Gasteiger partial charge in [-0.15, -0.1) is 0 Å². The first-order valence-corrected chi connectivity index (χ1v) is 25.1. The van der Waals surface area contributed by atoms with E-state index in [2.05, 4.69) is 106 Å². The van der Waals surface area contributed by atoms with Gasteiger partial charge in [0, 0.05) is 19.3 Å². The predicted octanol–water partition coefficient (Wildman–Crippen LogP) is 16.4. The van der Waals surface area contributed by atoms with E-state index in [9.17, 15) is 14.4 Å². The van der Waals surface area contributed by atoms with Crippen LogP contribution < -0.4 is 0 Å². The van der Waals surface area contributed by atoms with Gasteiger partial charge in [-0.1, -0.05) is 196 Å². The number of carbonyl (C=O) groups excluding carboxylic acids is 3. The fourth-order valence-corrected chi connectivity index (χ4v) is 6.69. The van der Waals surface area contributed by atoms with Crippen LogP contribution in [0.2, 0.25) is 0 Å². The normalized spacial score (nSPS) is 12.8. The molecule has 0 saturated heterocycles. The summed E-state index contributed by atoms with van der Waals surface area (Å²) in [4.78, 5) is 37.9. The van der Waals surface area contributed by atoms with Crippen LogP contribution in [0.1, 0.15) is 226 Å². The summed E-state index contributed by atoms with van der Waals surface area (Å²) in [7, 11) is 0. The highest BCUT2D eigenvalue weighted by Gasteiger charge is 2.19. The van der Waals surface area contributed by atoms with E-state index in [0.717, 1.165) is 122 Å². The Bertz CT molecular complexity index is 1200. The Morgan fingerprint density at radius 1 is 0.361 bits per heavy atom. The topological polar surface area (TPSA) is 78.9 Å². The number of rotatable bonds is 44. The van der Waals surface area contributed by atoms with Crippen molar-refractivity contribution in [2.45, 2.75) is 232 Å². The van der Waals surface area contributed by atoms with Crippen LogP contribution in [-0.4, -0.2) is 37.2 Å². The molecule has 348 valence electrons. The van der Waals surface area contributed by atoms with Crippen LogP contribution in [0.25, 0.3) is 0 Å². The minimum Gasteiger partial charge on any atom is -0.462 e. The first-order valence-electron chi connectivity index (χ1n) is 25.1. The average molecular weight is 849 g/mol. The molecule has 6 nitrogen and oxygen atoms in total. The van der Waals surface area contributed by atoms with E-state index >= 15 is 0 Å². The van der Waals surface area contributed by atoms with Crippen molar-refractivity contribution in [2.75, 3.05) is 13.2 Å². The fraction of sp³-hybridized carbons (Fsp3) is 0.691. The van der Waals surface area contributed by atoms with E-state index in [4.69, 9.17) is 14.2 Å². The molecule has 0 aliphatic carbocycles. The number of ether oxygens (including phenoxy) is 3. The van der Waals surface area contributed by atoms with Crippen LogP contribution in [0.5, 0.6) is 0 Å². The molecule has 0 aromatic heterocycles. The zero-order chi connectivity index (χ0) is 44.4. The third-order valence-corrected chi connectivity index (χ3v) is 10.4. The number of carbonyl (C=O) groups is 3. The molecule has 0 amide bonds. The first-order chi connectivity index (χ1) is 30.0. The van der Waals surface area contributed by atoms with Gasteiger partial charge >= 0.3 is 17.9 Å². The van der Waals surface area contributed by atoms with Crippen molar-refractivity contribution in [3.63, 3.8) is 0 Å². The minimum absolute atomic E-state index is 0.0969. The molecule has 1 unspecified atom stereocenters. The van der Waals surface area contributed by atoms with E-state index in [1.54, 1.807) is 0 Å². The maximum absolute atomic E-state index is 12.8. The molecular formula is C55H92O6. The molecule has 0 heterocycles. The summed E-state index contributed by atoms with van der Waals surface area (Å²) in [5.41, 5.74) is 0. The smallest absolute Gasteiger partial charge is 0.306 e. The Morgan fingerprint density at radius 2 is 0.721 bits per heavy atom. The van der Waals surface area contributed by atoms with Crippen molar-refractivity contribution >= 4 is 17.9 Å². The van der Waals surface area contributed by atoms with Gasteiger partial charge in [-0.25, -0.2) is 0 Å². The third kappa shape index (κ3) is 47.5. The zero-order valence-corrected chi connectivity index (χ0v) is 39.7. The van der Waals surface area contributed by atoms with Crippen LogP contribution in [0.15, 0.2) is 85.1 Å². The van der Waals surface area contributed by atoms with Crippen LogP contribution in [0.3, 0.4) is 0 Å². The summed E-state index contributed by atoms with van der Waals surface area (Å²) in [5, 5.41) is 0. The summed E-state index contributed by atoms with van der Waals surface area (Å²) < 4.78 is 16.7. The molecule has 0 N–H and O–H groups in total. The molecule has 0 spiro atoms. The van der Waals surface area contributed by atoms with Crippen LogP contribution >= 0.6 is 0 Å². The highest BCUT2D eigenvalue weighted by atomic mass is 16.6. The minimum atomic E-state index is -0.798. The maximum atomic E-state index is 12.8. The molecule has 0 aromatic carbocycles. The molecule has 0 rings (SSSR count). The number of hydrogen-bond acceptors (Lipinski definition) is 6. The second-order valence-electron chi connectivity index (χ2n) is 16.4. The summed E-state index contributed by atoms with van der Waals surface area (Å²) in [6.45, 7) is 6.34. The van der Waals surface area contributed by atoms with Crippen molar-refractivity contribution in [3.05, 3.63) is 85.1 Å². The number of hydrogen-bond donors (Lipinski definition) is 0. The van der Waals surface area contributed by atoms with Crippen molar-refractivity contribution in [3.8, 4) is 0 Å². The van der Waals surface area contributed by atoms with Crippen LogP contribution in [0, 0.1) is 0 Å². The Morgan fingerprint density at radius 3 is 1.21 bits per heavy atom. The lowest BCUT2D eigenvalue weighted by molar-refractivity contribution is -0.167. The highest BCUT2D eigenvalue weighted by molar-refractivity contribution is 5.71. The monoisotopic (exact) mass is 849 g/mol. The van der Waals surface area contributed by atoms with Gasteiger partial charge < -0.3 is 14.2 Å². The highest BCUT2D eigenvalue weighted by Crippen LogP contribution is 2.13. The standard InChI is InChI=1S/C55H92O6/c1-4-7-10-13-16-19-22-25-27-28-31-33-36-39-42-45-48-54(57)60-51-52(50-59-53(56)47-44-41-38-35-32-29-24-21-18-15-12-9-6-3)61-55(58)49-46-43-40-37-34-30-26-23-20-17-14-11-8-5-2/h7,9-10,12,15-16,18-19,21,24-25,27,30,34,52H,4-6,8,11,13-14,17,20,22-23,26,28-29,31-33,35-51H2,1-3H3/b10-7-,12-9-,18-15-,19-16-,24-21-,27-25-,34-30-. The van der Waals surface area contributed by atoms with Gasteiger partial charge in [0.05, 0.1) is 0 Å². The second kappa shape index (κ2) is 49.2. The van der Waals surface area contributed by atoms with E-state index in [1.165, 1.54) is 64.2 Å². The van der Waals surface area contributed by atoms with Gasteiger partial charge in [-0.05, 0) is 96.3 Å². The Labute approximate surface area is 375 Å². The summed E-state index contributed by atoms with van der Waals surface area (Å²) in [6, 6.07) is 0. The molecule has 6 heteroatoms. The molecular weight excluding hydrogens is 757 g/mol. The van der Waals surface area contributed by atoms with Gasteiger partial charge in [-0.3, -0.25) is 14.4 Å². The number of esters is 3. The maximum Gasteiger partial charge on any atom is 0.306 e. The van der Waals surface area contributed by atoms with Gasteiger partial charge in [-0.2, -0.15) is 0 Å². The van der Waals surface area contributed by atoms with Crippen molar-refractivity contribution in [1.82, 2.24) is 0 Å². The number of unbranched alkanes of at least 4 members (excludes halogenated alkanes) is 21. The van der Waals surface area contributed by atoms with Gasteiger partial charge in [0.25, 0.3) is 0 Å². The Balaban J connectivity index is 4.46. The molecule has 0 aliphatic heterocycles. The van der Waals surface area contributed by atoms with E-state index in [1.807, 2.05) is 0 Å². The Kier molecular flexibility index (Phi) is 46.5. The molecule has 61 heavy (non-hydrogen) atoms. The van der Waals surface area contributed by atoms with Crippen molar-refractivity contribution < 1.29 is 28.6 Å². The zero-order valence-electron chi connectivity index (χ0n) is 39.7. The largest absolute Gasteiger partial charge is 0.462 e. The number of allylic oxidation sites excluding steroid dienone is 14. The van der Waals surface area contributed by atoms with Crippen LogP contribution in [0.4, 0.5) is 0 Å². The molecule has 0 bridgehead atoms. The lowest BCUT2D eigenvalue weighted by atomic mass is 10.1. The molecule has 0 aliphatic rings. The van der Waals surface area contributed by atoms with Crippen LogP contribution in [-0.2, 0) is 28.6 Å². The Hall–Kier alpha value is -3.41. The van der Waals surface area contributed by atoms with Gasteiger partial charge in [0.2, 0.25) is 0 Å². The lowest BCUT2D eigenvalue weighted by Gasteiger charge is -2.18. The molecule has 0 aromatic rings. The van der Waals surface area contributed by atoms with E-state index < -0.39 is 6.10 Å². The summed E-state index contributed by atoms with van der Waals surface area (Å²) >= 11 is 0. The average Bonchev–Trinajstić information content (AvgIpc) is 3.26. The van der Waals surface area contributed by atoms with Gasteiger partial charge in [0.1, 0.15) is 13.2 Å². The second-order valence-corrected chi connectivity index (χ2v) is 16.4. The molecule has 0 radical (unpaired) electrons. The van der Waals surface area contributed by atoms with Gasteiger partial charge in [0.15, 0.2) is 6.10 Å². The van der Waals surface area contributed by atoms with Crippen molar-refractivity contribution in [2.24, 2.45) is 0 Å². The first kappa shape index (κ1) is 57.6. The molecule has 0 saturated carbocycles. The van der Waals surface area contributed by atoms with Crippen molar-refractivity contribution in [1.29, 1.82) is 0 Å². The SMILES string of the molecule is CC\C=C/C=C\C=C/CCCCCCCC(=O)OCC(COC(=O)CCCCCCCC/C=C\C/C=C\C/C=C\CC)OC(=O)CCCCC/C=C\CCCCCCCCC. The quantitative estimate of drug-likeness (QED) is 0.0200. The van der Waals surface area contributed by atoms with E-state index in [0.29, 0.717) is 19.3 Å². The summed E-state index contributed by atoms with van der Waals surface area (Å²) in [5.74, 6) is -0.948. The molecule has 0 fully saturated rings.